The maximum absolute atomic E-state index is 12.4. The highest BCUT2D eigenvalue weighted by Crippen LogP contribution is 2.22. The Morgan fingerprint density at radius 1 is 1.22 bits per heavy atom. The molecule has 0 fully saturated rings. The number of imidazole rings is 1. The van der Waals surface area contributed by atoms with Gasteiger partial charge >= 0.3 is 0 Å². The molecule has 0 aliphatic rings. The molecule has 0 bridgehead atoms. The summed E-state index contributed by atoms with van der Waals surface area (Å²) < 4.78 is 0. The number of amides is 2. The van der Waals surface area contributed by atoms with Crippen LogP contribution in [-0.2, 0) is 4.79 Å². The lowest BCUT2D eigenvalue weighted by Crippen LogP contribution is -2.33. The van der Waals surface area contributed by atoms with Crippen LogP contribution in [0.15, 0.2) is 41.1 Å². The van der Waals surface area contributed by atoms with Gasteiger partial charge in [-0.25, -0.2) is 4.98 Å². The Balaban J connectivity index is 1.50. The summed E-state index contributed by atoms with van der Waals surface area (Å²) in [5, 5.41) is 9.58. The number of aromatic nitrogens is 2. The predicted octanol–water partition coefficient (Wildman–Crippen LogP) is 3.65. The highest BCUT2D eigenvalue weighted by atomic mass is 32.1. The number of hydrogen-bond donors (Lipinski definition) is 3. The van der Waals surface area contributed by atoms with E-state index < -0.39 is 0 Å². The summed E-state index contributed by atoms with van der Waals surface area (Å²) >= 11 is 1.49. The predicted molar refractivity (Wildman–Crippen MR) is 108 cm³/mol. The van der Waals surface area contributed by atoms with E-state index in [1.807, 2.05) is 35.0 Å². The first kappa shape index (κ1) is 19.1. The Bertz CT molecular complexity index is 869. The number of benzene rings is 1. The molecule has 142 valence electrons. The molecule has 2 amide bonds. The number of nitrogens with zero attached hydrogens (tertiary/aromatic N) is 1. The molecule has 0 saturated carbocycles. The van der Waals surface area contributed by atoms with E-state index in [4.69, 9.17) is 0 Å². The molecular weight excluding hydrogens is 360 g/mol. The third-order valence-electron chi connectivity index (χ3n) is 4.33. The number of H-pyrrole nitrogens is 1. The van der Waals surface area contributed by atoms with Crippen molar-refractivity contribution < 1.29 is 9.59 Å². The summed E-state index contributed by atoms with van der Waals surface area (Å²) in [6.45, 7) is 4.58. The first-order valence-electron chi connectivity index (χ1n) is 9.09. The Kier molecular flexibility index (Phi) is 6.24. The molecule has 3 aromatic rings. The van der Waals surface area contributed by atoms with Gasteiger partial charge in [-0.3, -0.25) is 9.59 Å². The molecule has 0 saturated heterocycles. The highest BCUT2D eigenvalue weighted by Gasteiger charge is 2.21. The molecule has 7 heteroatoms. The smallest absolute Gasteiger partial charge is 0.252 e. The average molecular weight is 385 g/mol. The van der Waals surface area contributed by atoms with Gasteiger partial charge in [-0.2, -0.15) is 11.3 Å². The van der Waals surface area contributed by atoms with Gasteiger partial charge in [0.15, 0.2) is 0 Å². The van der Waals surface area contributed by atoms with Crippen LogP contribution >= 0.6 is 11.3 Å². The van der Waals surface area contributed by atoms with Gasteiger partial charge in [0, 0.05) is 23.9 Å². The quantitative estimate of drug-likeness (QED) is 0.518. The number of hydrogen-bond acceptors (Lipinski definition) is 4. The molecule has 0 aliphatic carbocycles. The summed E-state index contributed by atoms with van der Waals surface area (Å²) in [5.74, 6) is 0.830. The Hall–Kier alpha value is -2.67. The lowest BCUT2D eigenvalue weighted by atomic mass is 10.0. The molecule has 27 heavy (non-hydrogen) atoms. The Labute approximate surface area is 162 Å². The molecule has 0 aliphatic heterocycles. The number of carbonyl (C=O) groups is 2. The van der Waals surface area contributed by atoms with Crippen molar-refractivity contribution in [2.45, 2.75) is 32.7 Å². The van der Waals surface area contributed by atoms with Crippen LogP contribution in [0.2, 0.25) is 0 Å². The summed E-state index contributed by atoms with van der Waals surface area (Å²) in [6.07, 6.45) is 0.944. The number of aromatic amines is 1. The van der Waals surface area contributed by atoms with E-state index in [-0.39, 0.29) is 23.8 Å². The molecule has 6 nitrogen and oxygen atoms in total. The minimum absolute atomic E-state index is 0.0426. The highest BCUT2D eigenvalue weighted by molar-refractivity contribution is 7.08. The van der Waals surface area contributed by atoms with Crippen molar-refractivity contribution in [2.24, 2.45) is 5.92 Å². The van der Waals surface area contributed by atoms with Crippen molar-refractivity contribution >= 4 is 34.2 Å². The van der Waals surface area contributed by atoms with Gasteiger partial charge in [-0.1, -0.05) is 26.0 Å². The normalized spacial score (nSPS) is 12.3. The summed E-state index contributed by atoms with van der Waals surface area (Å²) in [5.41, 5.74) is 2.52. The molecule has 1 aromatic carbocycles. The molecule has 0 spiro atoms. The second-order valence-corrected chi connectivity index (χ2v) is 7.58. The van der Waals surface area contributed by atoms with Crippen LogP contribution in [0.4, 0.5) is 0 Å². The largest absolute Gasteiger partial charge is 0.352 e. The van der Waals surface area contributed by atoms with Gasteiger partial charge in [0.1, 0.15) is 5.82 Å². The van der Waals surface area contributed by atoms with Gasteiger partial charge in [-0.05, 0) is 35.9 Å². The molecule has 2 aromatic heterocycles. The third kappa shape index (κ3) is 4.95. The zero-order valence-electron chi connectivity index (χ0n) is 15.5. The zero-order chi connectivity index (χ0) is 19.2. The molecule has 2 heterocycles. The van der Waals surface area contributed by atoms with E-state index >= 15 is 0 Å². The van der Waals surface area contributed by atoms with Crippen LogP contribution in [0.3, 0.4) is 0 Å². The van der Waals surface area contributed by atoms with Gasteiger partial charge in [-0.15, -0.1) is 0 Å². The fourth-order valence-corrected chi connectivity index (χ4v) is 3.50. The van der Waals surface area contributed by atoms with E-state index in [1.165, 1.54) is 11.3 Å². The minimum atomic E-state index is -0.176. The number of rotatable bonds is 8. The topological polar surface area (TPSA) is 86.9 Å². The van der Waals surface area contributed by atoms with E-state index in [9.17, 15) is 9.59 Å². The molecular formula is C20H24N4O2S. The lowest BCUT2D eigenvalue weighted by molar-refractivity contribution is -0.122. The van der Waals surface area contributed by atoms with E-state index in [0.29, 0.717) is 24.9 Å². The Morgan fingerprint density at radius 3 is 2.74 bits per heavy atom. The number of carbonyl (C=O) groups excluding carboxylic acids is 2. The fourth-order valence-electron chi connectivity index (χ4n) is 2.86. The van der Waals surface area contributed by atoms with Crippen LogP contribution in [0, 0.1) is 5.92 Å². The van der Waals surface area contributed by atoms with Crippen molar-refractivity contribution in [2.75, 3.05) is 6.54 Å². The molecule has 0 radical (unpaired) electrons. The summed E-state index contributed by atoms with van der Waals surface area (Å²) in [4.78, 5) is 32.1. The van der Waals surface area contributed by atoms with Gasteiger partial charge < -0.3 is 15.6 Å². The summed E-state index contributed by atoms with van der Waals surface area (Å²) in [6, 6.07) is 9.43. The van der Waals surface area contributed by atoms with Crippen molar-refractivity contribution in [3.8, 4) is 0 Å². The SMILES string of the molecule is CC(C)[C@H](NC(=O)CCCNC(=O)c1ccsc1)c1nc2ccccc2[nH]1. The van der Waals surface area contributed by atoms with E-state index in [0.717, 1.165) is 16.9 Å². The minimum Gasteiger partial charge on any atom is -0.352 e. The average Bonchev–Trinajstić information content (AvgIpc) is 3.32. The zero-order valence-corrected chi connectivity index (χ0v) is 16.3. The Morgan fingerprint density at radius 2 is 2.04 bits per heavy atom. The summed E-state index contributed by atoms with van der Waals surface area (Å²) in [7, 11) is 0. The maximum atomic E-state index is 12.4. The first-order chi connectivity index (χ1) is 13.0. The number of nitrogens with one attached hydrogen (secondary N) is 3. The lowest BCUT2D eigenvalue weighted by Gasteiger charge is -2.20. The molecule has 3 rings (SSSR count). The number of fused-ring (bicyclic) bond motifs is 1. The molecule has 1 atom stereocenters. The van der Waals surface area contributed by atoms with Gasteiger partial charge in [0.2, 0.25) is 5.91 Å². The maximum Gasteiger partial charge on any atom is 0.252 e. The van der Waals surface area contributed by atoms with Crippen LogP contribution in [0.1, 0.15) is 48.9 Å². The van der Waals surface area contributed by atoms with Crippen molar-refractivity contribution in [3.05, 3.63) is 52.5 Å². The van der Waals surface area contributed by atoms with Crippen LogP contribution in [0.5, 0.6) is 0 Å². The van der Waals surface area contributed by atoms with Gasteiger partial charge in [0.05, 0.1) is 17.1 Å². The van der Waals surface area contributed by atoms with Crippen molar-refractivity contribution in [1.29, 1.82) is 0 Å². The van der Waals surface area contributed by atoms with Crippen LogP contribution < -0.4 is 10.6 Å². The van der Waals surface area contributed by atoms with E-state index in [1.54, 1.807) is 6.07 Å². The monoisotopic (exact) mass is 384 g/mol. The molecule has 3 N–H and O–H groups in total. The second-order valence-electron chi connectivity index (χ2n) is 6.80. The molecule has 0 unspecified atom stereocenters. The standard InChI is InChI=1S/C20H24N4O2S/c1-13(2)18(19-22-15-6-3-4-7-16(15)23-19)24-17(25)8-5-10-21-20(26)14-9-11-27-12-14/h3-4,6-7,9,11-13,18H,5,8,10H2,1-2H3,(H,21,26)(H,22,23)(H,24,25)/t18-/m0/s1. The van der Waals surface area contributed by atoms with Crippen molar-refractivity contribution in [3.63, 3.8) is 0 Å². The van der Waals surface area contributed by atoms with Crippen LogP contribution in [-0.4, -0.2) is 28.3 Å². The third-order valence-corrected chi connectivity index (χ3v) is 5.02. The van der Waals surface area contributed by atoms with Crippen LogP contribution in [0.25, 0.3) is 11.0 Å². The first-order valence-corrected chi connectivity index (χ1v) is 10.0. The van der Waals surface area contributed by atoms with Gasteiger partial charge in [0.25, 0.3) is 5.91 Å². The second kappa shape index (κ2) is 8.81. The fraction of sp³-hybridized carbons (Fsp3) is 0.350. The number of thiophene rings is 1. The number of para-hydroxylation sites is 2. The van der Waals surface area contributed by atoms with E-state index in [2.05, 4.69) is 34.4 Å². The van der Waals surface area contributed by atoms with Crippen molar-refractivity contribution in [1.82, 2.24) is 20.6 Å².